The predicted octanol–water partition coefficient (Wildman–Crippen LogP) is 2.40. The molecule has 0 atom stereocenters. The van der Waals surface area contributed by atoms with Gasteiger partial charge in [-0.2, -0.15) is 5.10 Å². The van der Waals surface area contributed by atoms with Gasteiger partial charge in [0.2, 0.25) is 5.95 Å². The summed E-state index contributed by atoms with van der Waals surface area (Å²) in [5, 5.41) is 7.96. The second kappa shape index (κ2) is 8.42. The Morgan fingerprint density at radius 3 is 2.61 bits per heavy atom. The molecule has 0 radical (unpaired) electrons. The van der Waals surface area contributed by atoms with Crippen LogP contribution in [0, 0.1) is 5.82 Å². The van der Waals surface area contributed by atoms with E-state index in [4.69, 9.17) is 0 Å². The minimum Gasteiger partial charge on any atom is -0.337 e. The normalized spacial score (nSPS) is 13.7. The minimum atomic E-state index is -0.564. The molecular formula is C24H21FN6O2. The summed E-state index contributed by atoms with van der Waals surface area (Å²) in [6, 6.07) is 13.5. The molecule has 1 fully saturated rings. The number of likely N-dealkylation sites (N-methyl/N-ethyl adjacent to an activating group) is 1. The summed E-state index contributed by atoms with van der Waals surface area (Å²) in [4.78, 5) is 37.0. The molecule has 0 unspecified atom stereocenters. The lowest BCUT2D eigenvalue weighted by Gasteiger charge is -2.43. The molecule has 8 nitrogen and oxygen atoms in total. The van der Waals surface area contributed by atoms with Crippen molar-refractivity contribution in [3.05, 3.63) is 93.9 Å². The number of H-pyrrole nitrogens is 1. The Kier molecular flexibility index (Phi) is 5.29. The molecular weight excluding hydrogens is 423 g/mol. The highest BCUT2D eigenvalue weighted by molar-refractivity contribution is 5.95. The second-order valence-corrected chi connectivity index (χ2v) is 8.06. The van der Waals surface area contributed by atoms with Gasteiger partial charge in [0.15, 0.2) is 0 Å². The summed E-state index contributed by atoms with van der Waals surface area (Å²) in [6.45, 7) is 0.923. The molecule has 1 aliphatic heterocycles. The Morgan fingerprint density at radius 2 is 1.85 bits per heavy atom. The lowest BCUT2D eigenvalue weighted by atomic mass is 10.0. The van der Waals surface area contributed by atoms with E-state index < -0.39 is 5.82 Å². The van der Waals surface area contributed by atoms with E-state index in [9.17, 15) is 14.0 Å². The number of likely N-dealkylation sites (tertiary alicyclic amines) is 1. The van der Waals surface area contributed by atoms with Gasteiger partial charge in [-0.05, 0) is 29.8 Å². The van der Waals surface area contributed by atoms with Crippen molar-refractivity contribution in [2.24, 2.45) is 0 Å². The first-order chi connectivity index (χ1) is 16.0. The van der Waals surface area contributed by atoms with Crippen LogP contribution in [0.4, 0.5) is 10.3 Å². The van der Waals surface area contributed by atoms with E-state index in [1.54, 1.807) is 47.6 Å². The number of nitrogens with zero attached hydrogens (tertiary/aromatic N) is 5. The monoisotopic (exact) mass is 444 g/mol. The molecule has 166 valence electrons. The molecule has 0 saturated carbocycles. The van der Waals surface area contributed by atoms with E-state index >= 15 is 0 Å². The number of nitrogens with one attached hydrogen (secondary N) is 1. The average Bonchev–Trinajstić information content (AvgIpc) is 2.81. The van der Waals surface area contributed by atoms with Crippen molar-refractivity contribution in [3.63, 3.8) is 0 Å². The number of benzene rings is 2. The van der Waals surface area contributed by atoms with Crippen LogP contribution in [0.2, 0.25) is 0 Å². The summed E-state index contributed by atoms with van der Waals surface area (Å²) in [5.41, 5.74) is 1.15. The first-order valence-corrected chi connectivity index (χ1v) is 10.5. The van der Waals surface area contributed by atoms with Gasteiger partial charge < -0.3 is 9.80 Å². The largest absolute Gasteiger partial charge is 0.337 e. The average molecular weight is 444 g/mol. The molecule has 33 heavy (non-hydrogen) atoms. The van der Waals surface area contributed by atoms with Gasteiger partial charge in [-0.15, -0.1) is 0 Å². The molecule has 2 aromatic heterocycles. The molecule has 4 aromatic rings. The summed E-state index contributed by atoms with van der Waals surface area (Å²) in [5.74, 6) is -0.332. The van der Waals surface area contributed by atoms with Gasteiger partial charge in [0.25, 0.3) is 11.5 Å². The predicted molar refractivity (Wildman–Crippen MR) is 122 cm³/mol. The van der Waals surface area contributed by atoms with Crippen molar-refractivity contribution < 1.29 is 9.18 Å². The van der Waals surface area contributed by atoms with E-state index in [0.717, 1.165) is 10.9 Å². The van der Waals surface area contributed by atoms with E-state index in [2.05, 4.69) is 20.2 Å². The quantitative estimate of drug-likeness (QED) is 0.508. The fourth-order valence-electron chi connectivity index (χ4n) is 4.02. The number of aromatic nitrogens is 4. The third-order valence-electron chi connectivity index (χ3n) is 5.97. The van der Waals surface area contributed by atoms with Crippen molar-refractivity contribution in [2.45, 2.75) is 12.5 Å². The van der Waals surface area contributed by atoms with Crippen LogP contribution >= 0.6 is 0 Å². The first-order valence-electron chi connectivity index (χ1n) is 10.5. The number of anilines is 1. The Hall–Kier alpha value is -4.14. The number of carbonyl (C=O) groups excluding carboxylic acids is 1. The van der Waals surface area contributed by atoms with Gasteiger partial charge in [0.05, 0.1) is 22.7 Å². The lowest BCUT2D eigenvalue weighted by Crippen LogP contribution is -2.60. The Bertz CT molecular complexity index is 1380. The van der Waals surface area contributed by atoms with Gasteiger partial charge >= 0.3 is 0 Å². The SMILES string of the molecule is CN(c1ncccn1)C1CN(C(=O)c2cc(Cc3n[nH]c(=O)c4ccccc34)ccc2F)C1. The molecule has 3 heterocycles. The molecule has 0 bridgehead atoms. The van der Waals surface area contributed by atoms with Gasteiger partial charge in [0, 0.05) is 44.3 Å². The smallest absolute Gasteiger partial charge is 0.272 e. The van der Waals surface area contributed by atoms with Crippen molar-refractivity contribution in [2.75, 3.05) is 25.0 Å². The van der Waals surface area contributed by atoms with Crippen molar-refractivity contribution in [1.82, 2.24) is 25.1 Å². The molecule has 1 aliphatic rings. The number of halogens is 1. The van der Waals surface area contributed by atoms with Gasteiger partial charge in [0.1, 0.15) is 5.82 Å². The number of hydrogen-bond acceptors (Lipinski definition) is 6. The number of rotatable bonds is 5. The number of hydrogen-bond donors (Lipinski definition) is 1. The maximum atomic E-state index is 14.6. The molecule has 1 N–H and O–H groups in total. The number of aromatic amines is 1. The number of amides is 1. The summed E-state index contributed by atoms with van der Waals surface area (Å²) < 4.78 is 14.6. The zero-order chi connectivity index (χ0) is 22.9. The molecule has 2 aromatic carbocycles. The highest BCUT2D eigenvalue weighted by Gasteiger charge is 2.35. The zero-order valence-electron chi connectivity index (χ0n) is 17.9. The van der Waals surface area contributed by atoms with Gasteiger partial charge in [-0.1, -0.05) is 24.3 Å². The topological polar surface area (TPSA) is 95.1 Å². The van der Waals surface area contributed by atoms with E-state index in [-0.39, 0.29) is 23.1 Å². The van der Waals surface area contributed by atoms with E-state index in [0.29, 0.717) is 36.5 Å². The van der Waals surface area contributed by atoms with E-state index in [1.807, 2.05) is 24.1 Å². The standard InChI is InChI=1S/C24H21FN6O2/c1-30(24-26-9-4-10-27-24)16-13-31(14-16)23(33)19-11-15(7-8-20(19)25)12-21-17-5-2-3-6-18(17)22(32)29-28-21/h2-11,16H,12-14H2,1H3,(H,29,32). The molecule has 5 rings (SSSR count). The van der Waals surface area contributed by atoms with Crippen LogP contribution in [0.3, 0.4) is 0 Å². The lowest BCUT2D eigenvalue weighted by molar-refractivity contribution is 0.0597. The summed E-state index contributed by atoms with van der Waals surface area (Å²) in [6.07, 6.45) is 3.69. The van der Waals surface area contributed by atoms with Crippen LogP contribution in [-0.2, 0) is 6.42 Å². The van der Waals surface area contributed by atoms with E-state index in [1.165, 1.54) is 6.07 Å². The minimum absolute atomic E-state index is 0.0262. The van der Waals surface area contributed by atoms with Crippen molar-refractivity contribution in [3.8, 4) is 0 Å². The fraction of sp³-hybridized carbons (Fsp3) is 0.208. The molecule has 1 amide bonds. The van der Waals surface area contributed by atoms with Crippen LogP contribution in [0.25, 0.3) is 10.8 Å². The molecule has 1 saturated heterocycles. The Balaban J connectivity index is 1.33. The Morgan fingerprint density at radius 1 is 1.12 bits per heavy atom. The van der Waals surface area contributed by atoms with Gasteiger partial charge in [-0.25, -0.2) is 19.5 Å². The fourth-order valence-corrected chi connectivity index (χ4v) is 4.02. The first kappa shape index (κ1) is 20.7. The van der Waals surface area contributed by atoms with Crippen molar-refractivity contribution >= 4 is 22.6 Å². The van der Waals surface area contributed by atoms with Crippen LogP contribution in [-0.4, -0.2) is 57.2 Å². The van der Waals surface area contributed by atoms with Crippen LogP contribution < -0.4 is 10.5 Å². The highest BCUT2D eigenvalue weighted by atomic mass is 19.1. The highest BCUT2D eigenvalue weighted by Crippen LogP contribution is 2.23. The third-order valence-corrected chi connectivity index (χ3v) is 5.97. The zero-order valence-corrected chi connectivity index (χ0v) is 17.9. The molecule has 0 aliphatic carbocycles. The van der Waals surface area contributed by atoms with Crippen LogP contribution in [0.1, 0.15) is 21.6 Å². The Labute approximate surface area is 188 Å². The van der Waals surface area contributed by atoms with Crippen LogP contribution in [0.5, 0.6) is 0 Å². The molecule has 0 spiro atoms. The summed E-state index contributed by atoms with van der Waals surface area (Å²) >= 11 is 0. The van der Waals surface area contributed by atoms with Crippen LogP contribution in [0.15, 0.2) is 65.7 Å². The van der Waals surface area contributed by atoms with Crippen molar-refractivity contribution in [1.29, 1.82) is 0 Å². The van der Waals surface area contributed by atoms with Gasteiger partial charge in [-0.3, -0.25) is 9.59 Å². The number of carbonyl (C=O) groups is 1. The summed E-state index contributed by atoms with van der Waals surface area (Å²) in [7, 11) is 1.88. The maximum absolute atomic E-state index is 14.6. The number of fused-ring (bicyclic) bond motifs is 1. The second-order valence-electron chi connectivity index (χ2n) is 8.06. The molecule has 9 heteroatoms. The maximum Gasteiger partial charge on any atom is 0.272 e. The third kappa shape index (κ3) is 3.93.